The maximum absolute atomic E-state index is 11.9. The maximum Gasteiger partial charge on any atom is 0.323 e. The van der Waals surface area contributed by atoms with Crippen LogP contribution < -0.4 is 16.4 Å². The molecule has 0 aliphatic rings. The van der Waals surface area contributed by atoms with Gasteiger partial charge in [-0.05, 0) is 24.3 Å². The minimum atomic E-state index is -0.281. The highest BCUT2D eigenvalue weighted by Crippen LogP contribution is 2.24. The van der Waals surface area contributed by atoms with Gasteiger partial charge < -0.3 is 16.4 Å². The summed E-state index contributed by atoms with van der Waals surface area (Å²) in [5.41, 5.74) is 8.88. The minimum absolute atomic E-state index is 0.281. The average Bonchev–Trinajstić information content (AvgIpc) is 2.95. The highest BCUT2D eigenvalue weighted by atomic mass is 32.1. The molecule has 0 saturated heterocycles. The Kier molecular flexibility index (Phi) is 4.02. The molecular weight excluding hydrogens is 296 g/mol. The number of thiazole rings is 1. The van der Waals surface area contributed by atoms with Crippen molar-refractivity contribution in [1.82, 2.24) is 4.98 Å². The minimum Gasteiger partial charge on any atom is -0.375 e. The number of rotatable bonds is 3. The number of hydrogen-bond acceptors (Lipinski definition) is 4. The van der Waals surface area contributed by atoms with E-state index in [4.69, 9.17) is 5.73 Å². The third kappa shape index (κ3) is 3.42. The van der Waals surface area contributed by atoms with Crippen molar-refractivity contribution in [2.24, 2.45) is 0 Å². The summed E-state index contributed by atoms with van der Waals surface area (Å²) in [5, 5.41) is 7.99. The smallest absolute Gasteiger partial charge is 0.323 e. The fourth-order valence-corrected chi connectivity index (χ4v) is 2.53. The van der Waals surface area contributed by atoms with Crippen molar-refractivity contribution < 1.29 is 4.79 Å². The molecule has 5 nitrogen and oxygen atoms in total. The molecule has 4 N–H and O–H groups in total. The van der Waals surface area contributed by atoms with Gasteiger partial charge in [0.15, 0.2) is 5.13 Å². The van der Waals surface area contributed by atoms with Crippen molar-refractivity contribution in [1.29, 1.82) is 0 Å². The molecule has 0 bridgehead atoms. The van der Waals surface area contributed by atoms with Crippen LogP contribution in [0.2, 0.25) is 0 Å². The number of nitrogens with one attached hydrogen (secondary N) is 2. The standard InChI is InChI=1S/C16H14N4OS/c17-15-20-14(10-22-15)11-6-8-13(9-7-11)19-16(21)18-12-4-2-1-3-5-12/h1-10H,(H2,17,20)(H2,18,19,21). The van der Waals surface area contributed by atoms with E-state index in [1.165, 1.54) is 11.3 Å². The van der Waals surface area contributed by atoms with Crippen LogP contribution in [0.1, 0.15) is 0 Å². The first-order valence-electron chi connectivity index (χ1n) is 6.65. The van der Waals surface area contributed by atoms with Crippen molar-refractivity contribution >= 4 is 33.9 Å². The lowest BCUT2D eigenvalue weighted by Crippen LogP contribution is -2.19. The number of nitrogens with zero attached hydrogens (tertiary/aromatic N) is 1. The predicted octanol–water partition coefficient (Wildman–Crippen LogP) is 4.04. The van der Waals surface area contributed by atoms with Gasteiger partial charge in [-0.2, -0.15) is 0 Å². The van der Waals surface area contributed by atoms with Crippen molar-refractivity contribution in [2.45, 2.75) is 0 Å². The molecule has 0 aliphatic heterocycles. The van der Waals surface area contributed by atoms with Gasteiger partial charge in [0.1, 0.15) is 0 Å². The Balaban J connectivity index is 1.65. The molecule has 3 aromatic rings. The van der Waals surface area contributed by atoms with E-state index in [1.54, 1.807) is 0 Å². The second-order valence-electron chi connectivity index (χ2n) is 4.59. The van der Waals surface area contributed by atoms with Gasteiger partial charge >= 0.3 is 6.03 Å². The predicted molar refractivity (Wildman–Crippen MR) is 91.0 cm³/mol. The van der Waals surface area contributed by atoms with Gasteiger partial charge in [0.2, 0.25) is 0 Å². The van der Waals surface area contributed by atoms with E-state index < -0.39 is 0 Å². The summed E-state index contributed by atoms with van der Waals surface area (Å²) < 4.78 is 0. The Labute approximate surface area is 131 Å². The zero-order chi connectivity index (χ0) is 15.4. The third-order valence-electron chi connectivity index (χ3n) is 2.99. The number of anilines is 3. The Morgan fingerprint density at radius 1 is 0.955 bits per heavy atom. The zero-order valence-electron chi connectivity index (χ0n) is 11.6. The van der Waals surface area contributed by atoms with E-state index in [9.17, 15) is 4.79 Å². The van der Waals surface area contributed by atoms with Gasteiger partial charge in [0, 0.05) is 22.3 Å². The number of hydrogen-bond donors (Lipinski definition) is 3. The monoisotopic (exact) mass is 310 g/mol. The average molecular weight is 310 g/mol. The molecule has 0 unspecified atom stereocenters. The number of amides is 2. The highest BCUT2D eigenvalue weighted by molar-refractivity contribution is 7.13. The molecule has 22 heavy (non-hydrogen) atoms. The molecule has 0 aliphatic carbocycles. The topological polar surface area (TPSA) is 80.0 Å². The van der Waals surface area contributed by atoms with Crippen LogP contribution in [0.3, 0.4) is 0 Å². The number of urea groups is 1. The first kappa shape index (κ1) is 14.1. The maximum atomic E-state index is 11.9. The van der Waals surface area contributed by atoms with Gasteiger partial charge in [0.05, 0.1) is 5.69 Å². The Bertz CT molecular complexity index is 768. The fourth-order valence-electron chi connectivity index (χ4n) is 1.96. The lowest BCUT2D eigenvalue weighted by atomic mass is 10.1. The quantitative estimate of drug-likeness (QED) is 0.683. The van der Waals surface area contributed by atoms with Crippen LogP contribution >= 0.6 is 11.3 Å². The van der Waals surface area contributed by atoms with E-state index in [0.29, 0.717) is 10.8 Å². The molecule has 0 saturated carbocycles. The molecule has 3 rings (SSSR count). The summed E-state index contributed by atoms with van der Waals surface area (Å²) in [6.45, 7) is 0. The SMILES string of the molecule is Nc1nc(-c2ccc(NC(=O)Nc3ccccc3)cc2)cs1. The van der Waals surface area contributed by atoms with E-state index in [1.807, 2.05) is 60.0 Å². The van der Waals surface area contributed by atoms with E-state index >= 15 is 0 Å². The fraction of sp³-hybridized carbons (Fsp3) is 0. The summed E-state index contributed by atoms with van der Waals surface area (Å²) in [6.07, 6.45) is 0. The molecule has 1 heterocycles. The molecule has 2 amide bonds. The van der Waals surface area contributed by atoms with E-state index in [-0.39, 0.29) is 6.03 Å². The van der Waals surface area contributed by atoms with Crippen LogP contribution in [0.25, 0.3) is 11.3 Å². The summed E-state index contributed by atoms with van der Waals surface area (Å²) in [5.74, 6) is 0. The van der Waals surface area contributed by atoms with Gasteiger partial charge in [-0.3, -0.25) is 0 Å². The molecule has 0 atom stereocenters. The number of aromatic nitrogens is 1. The number of para-hydroxylation sites is 1. The number of carbonyl (C=O) groups is 1. The van der Waals surface area contributed by atoms with Crippen molar-refractivity contribution in [3.05, 3.63) is 60.0 Å². The summed E-state index contributed by atoms with van der Waals surface area (Å²) in [6, 6.07) is 16.5. The largest absolute Gasteiger partial charge is 0.375 e. The van der Waals surface area contributed by atoms with Gasteiger partial charge in [0.25, 0.3) is 0 Å². The van der Waals surface area contributed by atoms with Crippen LogP contribution in [0.15, 0.2) is 60.0 Å². The Morgan fingerprint density at radius 2 is 1.59 bits per heavy atom. The molecule has 1 aromatic heterocycles. The molecular formula is C16H14N4OS. The van der Waals surface area contributed by atoms with Gasteiger partial charge in [-0.1, -0.05) is 30.3 Å². The van der Waals surface area contributed by atoms with Crippen molar-refractivity contribution in [3.8, 4) is 11.3 Å². The second kappa shape index (κ2) is 6.28. The number of carbonyl (C=O) groups excluding carboxylic acids is 1. The van der Waals surface area contributed by atoms with Crippen molar-refractivity contribution in [2.75, 3.05) is 16.4 Å². The first-order chi connectivity index (χ1) is 10.7. The van der Waals surface area contributed by atoms with Crippen LogP contribution in [0.5, 0.6) is 0 Å². The molecule has 2 aromatic carbocycles. The summed E-state index contributed by atoms with van der Waals surface area (Å²) in [7, 11) is 0. The molecule has 0 spiro atoms. The van der Waals surface area contributed by atoms with Crippen LogP contribution in [0.4, 0.5) is 21.3 Å². The molecule has 6 heteroatoms. The second-order valence-corrected chi connectivity index (χ2v) is 5.48. The molecule has 0 radical (unpaired) electrons. The third-order valence-corrected chi connectivity index (χ3v) is 3.67. The number of benzene rings is 2. The molecule has 0 fully saturated rings. The normalized spacial score (nSPS) is 10.2. The van der Waals surface area contributed by atoms with Crippen LogP contribution in [0, 0.1) is 0 Å². The van der Waals surface area contributed by atoms with Crippen molar-refractivity contribution in [3.63, 3.8) is 0 Å². The van der Waals surface area contributed by atoms with Crippen LogP contribution in [-0.4, -0.2) is 11.0 Å². The summed E-state index contributed by atoms with van der Waals surface area (Å²) in [4.78, 5) is 16.1. The van der Waals surface area contributed by atoms with Gasteiger partial charge in [-0.25, -0.2) is 9.78 Å². The zero-order valence-corrected chi connectivity index (χ0v) is 12.4. The Morgan fingerprint density at radius 3 is 2.18 bits per heavy atom. The van der Waals surface area contributed by atoms with E-state index in [0.717, 1.165) is 16.9 Å². The van der Waals surface area contributed by atoms with E-state index in [2.05, 4.69) is 15.6 Å². The van der Waals surface area contributed by atoms with Crippen LogP contribution in [-0.2, 0) is 0 Å². The molecule has 110 valence electrons. The lowest BCUT2D eigenvalue weighted by Gasteiger charge is -2.08. The lowest BCUT2D eigenvalue weighted by molar-refractivity contribution is 0.262. The Hall–Kier alpha value is -2.86. The number of nitrogen functional groups attached to an aromatic ring is 1. The summed E-state index contributed by atoms with van der Waals surface area (Å²) >= 11 is 1.40. The number of nitrogens with two attached hydrogens (primary N) is 1. The van der Waals surface area contributed by atoms with Gasteiger partial charge in [-0.15, -0.1) is 11.3 Å². The first-order valence-corrected chi connectivity index (χ1v) is 7.53. The highest BCUT2D eigenvalue weighted by Gasteiger charge is 2.05.